The lowest BCUT2D eigenvalue weighted by atomic mass is 9.95. The first-order valence-electron chi connectivity index (χ1n) is 8.11. The van der Waals surface area contributed by atoms with Crippen molar-refractivity contribution < 1.29 is 23.9 Å². The second kappa shape index (κ2) is 6.89. The largest absolute Gasteiger partial charge is 0.465 e. The van der Waals surface area contributed by atoms with Gasteiger partial charge in [-0.3, -0.25) is 9.59 Å². The van der Waals surface area contributed by atoms with Gasteiger partial charge in [0.25, 0.3) is 5.78 Å². The molecule has 1 atom stereocenters. The molecule has 128 valence electrons. The fourth-order valence-electron chi connectivity index (χ4n) is 3.15. The molecule has 0 fully saturated rings. The molecule has 1 unspecified atom stereocenters. The van der Waals surface area contributed by atoms with Crippen LogP contribution in [0.2, 0.25) is 0 Å². The monoisotopic (exact) mass is 338 g/mol. The van der Waals surface area contributed by atoms with E-state index in [0.29, 0.717) is 0 Å². The number of fused-ring (bicyclic) bond motifs is 3. The zero-order chi connectivity index (χ0) is 18.0. The quantitative estimate of drug-likeness (QED) is 0.476. The average Bonchev–Trinajstić information content (AvgIpc) is 2.92. The number of Topliss-reactive ketones (excluding diaryl/α,β-unsaturated/α-hetero) is 1. The van der Waals surface area contributed by atoms with E-state index in [9.17, 15) is 14.4 Å². The molecule has 0 saturated carbocycles. The molecule has 0 amide bonds. The van der Waals surface area contributed by atoms with Crippen LogP contribution in [0.15, 0.2) is 42.5 Å². The molecule has 0 aromatic heterocycles. The molecule has 3 rings (SSSR count). The third kappa shape index (κ3) is 3.18. The minimum absolute atomic E-state index is 0.149. The zero-order valence-corrected chi connectivity index (χ0v) is 14.1. The molecule has 2 aromatic carbocycles. The summed E-state index contributed by atoms with van der Waals surface area (Å²) in [6.45, 7) is 3.36. The van der Waals surface area contributed by atoms with E-state index in [-0.39, 0.29) is 30.7 Å². The van der Waals surface area contributed by atoms with Crippen molar-refractivity contribution in [1.29, 1.82) is 0 Å². The van der Waals surface area contributed by atoms with Crippen LogP contribution in [0.3, 0.4) is 0 Å². The van der Waals surface area contributed by atoms with Crippen LogP contribution in [0.4, 0.5) is 0 Å². The van der Waals surface area contributed by atoms with Crippen LogP contribution in [0, 0.1) is 0 Å². The summed E-state index contributed by atoms with van der Waals surface area (Å²) in [5.74, 6) is -2.06. The second-order valence-corrected chi connectivity index (χ2v) is 5.79. The highest BCUT2D eigenvalue weighted by molar-refractivity contribution is 6.40. The summed E-state index contributed by atoms with van der Waals surface area (Å²) in [6, 6.07) is 13.0. The molecule has 0 saturated heterocycles. The van der Waals surface area contributed by atoms with Crippen molar-refractivity contribution in [2.75, 3.05) is 13.2 Å². The Hall–Kier alpha value is -2.95. The number of rotatable bonds is 5. The standard InChI is InChI=1S/C20H18O5/c1-3-24-20(23)19(22)13-8-9-16-14-6-4-5-7-15(14)18(17(16)10-13)11-25-12(2)21/h4-10,18H,3,11H2,1-2H3. The third-order valence-corrected chi connectivity index (χ3v) is 4.23. The third-order valence-electron chi connectivity index (χ3n) is 4.23. The number of carbonyl (C=O) groups is 3. The normalized spacial score (nSPS) is 14.4. The summed E-state index contributed by atoms with van der Waals surface area (Å²) in [5.41, 5.74) is 4.22. The van der Waals surface area contributed by atoms with Crippen molar-refractivity contribution in [1.82, 2.24) is 0 Å². The van der Waals surface area contributed by atoms with E-state index < -0.39 is 11.8 Å². The van der Waals surface area contributed by atoms with Crippen molar-refractivity contribution in [3.05, 3.63) is 59.2 Å². The molecule has 0 N–H and O–H groups in total. The first-order chi connectivity index (χ1) is 12.0. The van der Waals surface area contributed by atoms with Gasteiger partial charge in [-0.2, -0.15) is 0 Å². The van der Waals surface area contributed by atoms with E-state index in [1.54, 1.807) is 19.1 Å². The van der Waals surface area contributed by atoms with E-state index in [4.69, 9.17) is 9.47 Å². The lowest BCUT2D eigenvalue weighted by molar-refractivity contribution is -0.141. The van der Waals surface area contributed by atoms with Crippen LogP contribution in [-0.2, 0) is 19.1 Å². The summed E-state index contributed by atoms with van der Waals surface area (Å²) in [7, 11) is 0. The molecule has 0 aliphatic heterocycles. The molecule has 5 heteroatoms. The first kappa shape index (κ1) is 16.9. The zero-order valence-electron chi connectivity index (χ0n) is 14.1. The molecule has 0 spiro atoms. The topological polar surface area (TPSA) is 69.7 Å². The van der Waals surface area contributed by atoms with Gasteiger partial charge in [0.1, 0.15) is 6.61 Å². The molecule has 2 aromatic rings. The van der Waals surface area contributed by atoms with E-state index in [1.807, 2.05) is 30.3 Å². The van der Waals surface area contributed by atoms with Crippen molar-refractivity contribution in [3.63, 3.8) is 0 Å². The van der Waals surface area contributed by atoms with Gasteiger partial charge in [0, 0.05) is 18.4 Å². The van der Waals surface area contributed by atoms with Gasteiger partial charge in [-0.15, -0.1) is 0 Å². The summed E-state index contributed by atoms with van der Waals surface area (Å²) >= 11 is 0. The number of hydrogen-bond acceptors (Lipinski definition) is 5. The lowest BCUT2D eigenvalue weighted by Gasteiger charge is -2.14. The predicted molar refractivity (Wildman–Crippen MR) is 91.3 cm³/mol. The molecular formula is C20H18O5. The van der Waals surface area contributed by atoms with Crippen LogP contribution < -0.4 is 0 Å². The summed E-state index contributed by atoms with van der Waals surface area (Å²) in [4.78, 5) is 35.2. The highest BCUT2D eigenvalue weighted by Crippen LogP contribution is 2.45. The Morgan fingerprint density at radius 3 is 2.40 bits per heavy atom. The van der Waals surface area contributed by atoms with Crippen LogP contribution >= 0.6 is 0 Å². The van der Waals surface area contributed by atoms with Gasteiger partial charge in [0.2, 0.25) is 0 Å². The Balaban J connectivity index is 2.01. The van der Waals surface area contributed by atoms with Gasteiger partial charge in [-0.05, 0) is 35.2 Å². The fraction of sp³-hybridized carbons (Fsp3) is 0.250. The Labute approximate surface area is 145 Å². The predicted octanol–water partition coefficient (Wildman–Crippen LogP) is 3.11. The Bertz CT molecular complexity index is 853. The molecular weight excluding hydrogens is 320 g/mol. The first-order valence-corrected chi connectivity index (χ1v) is 8.11. The molecule has 0 bridgehead atoms. The van der Waals surface area contributed by atoms with Crippen molar-refractivity contribution in [2.45, 2.75) is 19.8 Å². The van der Waals surface area contributed by atoms with Gasteiger partial charge in [-0.25, -0.2) is 4.79 Å². The minimum Gasteiger partial charge on any atom is -0.465 e. The maximum atomic E-state index is 12.2. The number of esters is 2. The number of ketones is 1. The highest BCUT2D eigenvalue weighted by atomic mass is 16.5. The molecule has 25 heavy (non-hydrogen) atoms. The molecule has 1 aliphatic rings. The number of hydrogen-bond donors (Lipinski definition) is 0. The van der Waals surface area contributed by atoms with E-state index in [0.717, 1.165) is 22.3 Å². The van der Waals surface area contributed by atoms with Gasteiger partial charge in [0.05, 0.1) is 6.61 Å². The Kier molecular flexibility index (Phi) is 4.65. The fourth-order valence-corrected chi connectivity index (χ4v) is 3.15. The van der Waals surface area contributed by atoms with Crippen molar-refractivity contribution in [2.24, 2.45) is 0 Å². The molecule has 1 aliphatic carbocycles. The second-order valence-electron chi connectivity index (χ2n) is 5.79. The van der Waals surface area contributed by atoms with Crippen LogP contribution in [0.25, 0.3) is 11.1 Å². The van der Waals surface area contributed by atoms with Gasteiger partial charge in [-0.1, -0.05) is 36.4 Å². The van der Waals surface area contributed by atoms with Gasteiger partial charge in [0.15, 0.2) is 0 Å². The summed E-state index contributed by atoms with van der Waals surface area (Å²) in [6.07, 6.45) is 0. The SMILES string of the molecule is CCOC(=O)C(=O)c1ccc2c(c1)C(COC(C)=O)c1ccccc1-2. The smallest absolute Gasteiger partial charge is 0.379 e. The number of benzene rings is 2. The average molecular weight is 338 g/mol. The Morgan fingerprint density at radius 2 is 1.68 bits per heavy atom. The van der Waals surface area contributed by atoms with Crippen LogP contribution in [0.5, 0.6) is 0 Å². The number of ether oxygens (including phenoxy) is 2. The van der Waals surface area contributed by atoms with Gasteiger partial charge < -0.3 is 9.47 Å². The number of carbonyl (C=O) groups excluding carboxylic acids is 3. The van der Waals surface area contributed by atoms with Crippen LogP contribution in [0.1, 0.15) is 41.3 Å². The summed E-state index contributed by atoms with van der Waals surface area (Å²) in [5, 5.41) is 0. The van der Waals surface area contributed by atoms with Crippen molar-refractivity contribution in [3.8, 4) is 11.1 Å². The maximum Gasteiger partial charge on any atom is 0.379 e. The van der Waals surface area contributed by atoms with E-state index in [1.165, 1.54) is 6.92 Å². The van der Waals surface area contributed by atoms with E-state index in [2.05, 4.69) is 0 Å². The lowest BCUT2D eigenvalue weighted by Crippen LogP contribution is -2.18. The highest BCUT2D eigenvalue weighted by Gasteiger charge is 2.30. The minimum atomic E-state index is -0.866. The summed E-state index contributed by atoms with van der Waals surface area (Å²) < 4.78 is 10.00. The van der Waals surface area contributed by atoms with Crippen molar-refractivity contribution >= 4 is 17.7 Å². The Morgan fingerprint density at radius 1 is 0.960 bits per heavy atom. The van der Waals surface area contributed by atoms with Gasteiger partial charge >= 0.3 is 11.9 Å². The van der Waals surface area contributed by atoms with E-state index >= 15 is 0 Å². The molecule has 0 heterocycles. The molecule has 0 radical (unpaired) electrons. The maximum absolute atomic E-state index is 12.2. The van der Waals surface area contributed by atoms with Crippen LogP contribution in [-0.4, -0.2) is 30.9 Å². The molecule has 5 nitrogen and oxygen atoms in total.